The van der Waals surface area contributed by atoms with Gasteiger partial charge in [-0.3, -0.25) is 0 Å². The highest BCUT2D eigenvalue weighted by Crippen LogP contribution is 2.71. The molecule has 25 heteroatoms. The standard InChI is InChI=1S/C64H98O25/c1-31-53(86-47-27-40(76-9)54(32(2)80-47)87-48-28-41(77-10)55(33(3)81-48)88-59-52(71)57(78-11)56(34(4)82-59)89-58-51(70)50(69)49(68)42(30-65)84-58)39(75-8)26-46(79-31)83-38-20-21-60(6)37(25-38)19-22-63(73)43(60)29-44(85-45(67)18-17-36-15-13-12-14-16-36)61(7)62(72,35(5)66)23-24-64(61,63)74/h12-19,31-35,38-44,46-59,65-66,68-74H,20-30H2,1-11H3/b18-17+/t31-,32-,33-,34-,35+,38+,39+,40+,41-,42-,43-,44-,46+,47+,48+,49-,50+,51-,52-,53-,54-,55-,56-,57+,58+,59+,60+,61-,62-,63+,64+/m1/s1. The maximum absolute atomic E-state index is 13.7. The fourth-order valence-corrected chi connectivity index (χ4v) is 16.7. The fourth-order valence-electron chi connectivity index (χ4n) is 16.7. The number of fused-ring (bicyclic) bond motifs is 5. The molecule has 3 saturated carbocycles. The number of hydrogen-bond donors (Lipinski definition) is 9. The molecule has 25 nitrogen and oxygen atoms in total. The van der Waals surface area contributed by atoms with Crippen molar-refractivity contribution in [3.63, 3.8) is 0 Å². The number of hydrogen-bond acceptors (Lipinski definition) is 25. The molecule has 0 bridgehead atoms. The van der Waals surface area contributed by atoms with Crippen LogP contribution in [-0.4, -0.2) is 257 Å². The van der Waals surface area contributed by atoms with Crippen molar-refractivity contribution in [3.8, 4) is 0 Å². The zero-order chi connectivity index (χ0) is 64.3. The van der Waals surface area contributed by atoms with E-state index >= 15 is 0 Å². The predicted octanol–water partition coefficient (Wildman–Crippen LogP) is 1.82. The normalized spacial score (nSPS) is 49.7. The van der Waals surface area contributed by atoms with Gasteiger partial charge in [-0.15, -0.1) is 0 Å². The van der Waals surface area contributed by atoms with Gasteiger partial charge >= 0.3 is 5.97 Å². The number of carbonyl (C=O) groups excluding carboxylic acids is 1. The van der Waals surface area contributed by atoms with Gasteiger partial charge in [0.1, 0.15) is 83.9 Å². The summed E-state index contributed by atoms with van der Waals surface area (Å²) in [6.45, 7) is 11.8. The summed E-state index contributed by atoms with van der Waals surface area (Å²) in [6, 6.07) is 9.30. The summed E-state index contributed by atoms with van der Waals surface area (Å²) >= 11 is 0. The number of carbonyl (C=O) groups is 1. The number of esters is 1. The highest BCUT2D eigenvalue weighted by Gasteiger charge is 2.81. The number of ether oxygens (including phenoxy) is 15. The molecule has 504 valence electrons. The maximum atomic E-state index is 13.7. The lowest BCUT2D eigenvalue weighted by molar-refractivity contribution is -0.374. The van der Waals surface area contributed by atoms with E-state index in [2.05, 4.69) is 6.92 Å². The molecule has 4 aliphatic carbocycles. The highest BCUT2D eigenvalue weighted by atomic mass is 16.8. The Balaban J connectivity index is 0.727. The molecule has 9 aliphatic rings. The van der Waals surface area contributed by atoms with E-state index in [4.69, 9.17) is 71.1 Å². The summed E-state index contributed by atoms with van der Waals surface area (Å²) in [7, 11) is 6.11. The molecule has 5 heterocycles. The average Bonchev–Trinajstić information content (AvgIpc) is 1.61. The molecule has 8 fully saturated rings. The fraction of sp³-hybridized carbons (Fsp3) is 0.828. The van der Waals surface area contributed by atoms with Crippen molar-refractivity contribution in [1.82, 2.24) is 0 Å². The first kappa shape index (κ1) is 69.1. The molecule has 0 spiro atoms. The van der Waals surface area contributed by atoms with Crippen LogP contribution in [0.1, 0.15) is 118 Å². The zero-order valence-corrected chi connectivity index (χ0v) is 53.0. The second-order valence-corrected chi connectivity index (χ2v) is 26.7. The van der Waals surface area contributed by atoms with Crippen LogP contribution in [0.5, 0.6) is 0 Å². The Hall–Kier alpha value is -2.75. The van der Waals surface area contributed by atoms with Gasteiger partial charge < -0.3 is 117 Å². The van der Waals surface area contributed by atoms with Gasteiger partial charge in [-0.25, -0.2) is 4.79 Å². The summed E-state index contributed by atoms with van der Waals surface area (Å²) in [5, 5.41) is 102. The molecule has 9 N–H and O–H groups in total. The number of aliphatic hydroxyl groups excluding tert-OH is 6. The van der Waals surface area contributed by atoms with Gasteiger partial charge in [0.2, 0.25) is 0 Å². The average molecular weight is 1270 g/mol. The SMILES string of the molecule is CO[C@H]1[C@@H](O)[C@H](O[C@@H]2[C@@H](C)O[C@@H](O[C@H]3[C@@H](OC)C[C@H](O[C@H]4[C@@H](OC)C[C@H](O[C@H]5CC[C@@]6(C)C(=CC[C@]7(O)[C@@H]6C[C@@H](OC(=O)/C=C/c6ccccc6)[C@@]6(C)[C@@]7(O)CC[C@@]6(O)[C@H](C)O)C5)O[C@@H]4C)O[C@@H]3C)C[C@H]2OC)O[C@H](C)[C@H]1O[C@@H]1O[C@H](CO)[C@@H](O)[C@H](O)[C@H]1O. The van der Waals surface area contributed by atoms with Crippen molar-refractivity contribution in [2.45, 2.75) is 283 Å². The molecule has 1 aromatic carbocycles. The van der Waals surface area contributed by atoms with Gasteiger partial charge in [0, 0.05) is 59.7 Å². The lowest BCUT2D eigenvalue weighted by Crippen LogP contribution is -2.78. The summed E-state index contributed by atoms with van der Waals surface area (Å²) in [5.41, 5.74) is -5.96. The van der Waals surface area contributed by atoms with E-state index in [0.29, 0.717) is 32.1 Å². The van der Waals surface area contributed by atoms with Crippen LogP contribution in [0.2, 0.25) is 0 Å². The minimum Gasteiger partial charge on any atom is -0.458 e. The highest BCUT2D eigenvalue weighted by molar-refractivity contribution is 5.87. The van der Waals surface area contributed by atoms with Crippen molar-refractivity contribution in [1.29, 1.82) is 0 Å². The number of benzene rings is 1. The molecule has 5 aliphatic heterocycles. The first-order chi connectivity index (χ1) is 42.2. The summed E-state index contributed by atoms with van der Waals surface area (Å²) in [5.74, 6) is -1.24. The molecule has 0 radical (unpaired) electrons. The number of rotatable bonds is 19. The topological polar surface area (TPSA) is 338 Å². The first-order valence-corrected chi connectivity index (χ1v) is 31.7. The molecule has 1 aromatic rings. The molecule has 10 rings (SSSR count). The van der Waals surface area contributed by atoms with Crippen LogP contribution in [0.25, 0.3) is 6.08 Å². The van der Waals surface area contributed by atoms with E-state index < -0.39 is 194 Å². The zero-order valence-electron chi connectivity index (χ0n) is 53.0. The van der Waals surface area contributed by atoms with Crippen LogP contribution in [-0.2, 0) is 75.8 Å². The molecule has 0 amide bonds. The third kappa shape index (κ3) is 12.6. The first-order valence-electron chi connectivity index (χ1n) is 31.7. The monoisotopic (exact) mass is 1270 g/mol. The van der Waals surface area contributed by atoms with Gasteiger partial charge in [0.25, 0.3) is 0 Å². The summed E-state index contributed by atoms with van der Waals surface area (Å²) < 4.78 is 93.7. The second-order valence-electron chi connectivity index (χ2n) is 26.7. The van der Waals surface area contributed by atoms with E-state index in [1.54, 1.807) is 41.1 Å². The van der Waals surface area contributed by atoms with Gasteiger partial charge in [-0.1, -0.05) is 55.8 Å². The summed E-state index contributed by atoms with van der Waals surface area (Å²) in [6.07, 6.45) is -15.5. The van der Waals surface area contributed by atoms with Crippen molar-refractivity contribution in [2.75, 3.05) is 35.0 Å². The Morgan fingerprint density at radius 2 is 1.18 bits per heavy atom. The van der Waals surface area contributed by atoms with Crippen molar-refractivity contribution >= 4 is 12.0 Å². The van der Waals surface area contributed by atoms with Crippen LogP contribution in [0.4, 0.5) is 0 Å². The van der Waals surface area contributed by atoms with Crippen LogP contribution < -0.4 is 0 Å². The quantitative estimate of drug-likeness (QED) is 0.0542. The second kappa shape index (κ2) is 27.5. The minimum absolute atomic E-state index is 0.00525. The maximum Gasteiger partial charge on any atom is 0.331 e. The van der Waals surface area contributed by atoms with Gasteiger partial charge in [-0.2, -0.15) is 0 Å². The van der Waals surface area contributed by atoms with E-state index in [9.17, 15) is 50.8 Å². The Bertz CT molecular complexity index is 2580. The lowest BCUT2D eigenvalue weighted by Gasteiger charge is -2.67. The Labute approximate surface area is 520 Å². The van der Waals surface area contributed by atoms with Gasteiger partial charge in [0.15, 0.2) is 31.5 Å². The molecule has 5 saturated heterocycles. The molecular formula is C64H98O25. The van der Waals surface area contributed by atoms with Gasteiger partial charge in [0.05, 0.1) is 67.0 Å². The van der Waals surface area contributed by atoms with Crippen molar-refractivity contribution in [2.24, 2.45) is 16.7 Å². The van der Waals surface area contributed by atoms with Crippen molar-refractivity contribution < 1.29 is 122 Å². The third-order valence-electron chi connectivity index (χ3n) is 22.0. The van der Waals surface area contributed by atoms with E-state index in [1.807, 2.05) is 50.3 Å². The molecule has 0 unspecified atom stereocenters. The molecular weight excluding hydrogens is 1170 g/mol. The van der Waals surface area contributed by atoms with E-state index in [-0.39, 0.29) is 38.2 Å². The number of aliphatic hydroxyl groups is 9. The molecule has 31 atom stereocenters. The smallest absolute Gasteiger partial charge is 0.331 e. The Morgan fingerprint density at radius 3 is 1.73 bits per heavy atom. The molecule has 89 heavy (non-hydrogen) atoms. The van der Waals surface area contributed by atoms with Crippen LogP contribution >= 0.6 is 0 Å². The Morgan fingerprint density at radius 1 is 0.640 bits per heavy atom. The van der Waals surface area contributed by atoms with E-state index in [0.717, 1.165) is 11.1 Å². The third-order valence-corrected chi connectivity index (χ3v) is 22.0. The van der Waals surface area contributed by atoms with Crippen LogP contribution in [0.3, 0.4) is 0 Å². The number of methoxy groups -OCH3 is 4. The van der Waals surface area contributed by atoms with E-state index in [1.165, 1.54) is 27.2 Å². The summed E-state index contributed by atoms with van der Waals surface area (Å²) in [4.78, 5) is 13.7. The Kier molecular flexibility index (Phi) is 21.4. The van der Waals surface area contributed by atoms with Crippen LogP contribution in [0.15, 0.2) is 48.1 Å². The minimum atomic E-state index is -1.93. The van der Waals surface area contributed by atoms with Crippen molar-refractivity contribution in [3.05, 3.63) is 53.6 Å². The largest absolute Gasteiger partial charge is 0.458 e. The van der Waals surface area contributed by atoms with Gasteiger partial charge in [-0.05, 0) is 96.6 Å². The lowest BCUT2D eigenvalue weighted by atomic mass is 9.42. The van der Waals surface area contributed by atoms with Crippen LogP contribution in [0, 0.1) is 16.7 Å². The molecule has 0 aromatic heterocycles. The predicted molar refractivity (Wildman–Crippen MR) is 311 cm³/mol.